The fourth-order valence-corrected chi connectivity index (χ4v) is 2.74. The zero-order chi connectivity index (χ0) is 15.2. The van der Waals surface area contributed by atoms with Crippen molar-refractivity contribution >= 4 is 11.6 Å². The molecule has 2 rings (SSSR count). The van der Waals surface area contributed by atoms with Crippen molar-refractivity contribution in [1.29, 1.82) is 0 Å². The number of carbonyl (C=O) groups excluding carboxylic acids is 1. The van der Waals surface area contributed by atoms with Crippen LogP contribution in [0.25, 0.3) is 0 Å². The SMILES string of the molecule is CCCNc1ccc(C(=O)N(C)CC2CCN(C)C2)nc1. The summed E-state index contributed by atoms with van der Waals surface area (Å²) in [5.41, 5.74) is 1.49. The third-order valence-corrected chi connectivity index (χ3v) is 3.93. The average molecular weight is 290 g/mol. The topological polar surface area (TPSA) is 48.5 Å². The molecular weight excluding hydrogens is 264 g/mol. The van der Waals surface area contributed by atoms with Crippen LogP contribution in [0.2, 0.25) is 0 Å². The predicted molar refractivity (Wildman–Crippen MR) is 85.6 cm³/mol. The van der Waals surface area contributed by atoms with Crippen molar-refractivity contribution in [3.8, 4) is 0 Å². The minimum Gasteiger partial charge on any atom is -0.384 e. The first-order valence-corrected chi connectivity index (χ1v) is 7.74. The van der Waals surface area contributed by atoms with Gasteiger partial charge in [0, 0.05) is 26.7 Å². The van der Waals surface area contributed by atoms with Crippen LogP contribution in [0.4, 0.5) is 5.69 Å². The molecule has 1 aliphatic heterocycles. The molecule has 1 fully saturated rings. The van der Waals surface area contributed by atoms with Gasteiger partial charge in [-0.1, -0.05) is 6.92 Å². The highest BCUT2D eigenvalue weighted by Gasteiger charge is 2.23. The number of hydrogen-bond acceptors (Lipinski definition) is 4. The van der Waals surface area contributed by atoms with Crippen molar-refractivity contribution < 1.29 is 4.79 Å². The van der Waals surface area contributed by atoms with Gasteiger partial charge >= 0.3 is 0 Å². The second-order valence-corrected chi connectivity index (χ2v) is 5.96. The van der Waals surface area contributed by atoms with Gasteiger partial charge in [0.15, 0.2) is 0 Å². The average Bonchev–Trinajstić information content (AvgIpc) is 2.90. The van der Waals surface area contributed by atoms with Crippen LogP contribution in [0.5, 0.6) is 0 Å². The summed E-state index contributed by atoms with van der Waals surface area (Å²) in [4.78, 5) is 20.8. The largest absolute Gasteiger partial charge is 0.384 e. The lowest BCUT2D eigenvalue weighted by Crippen LogP contribution is -2.33. The van der Waals surface area contributed by atoms with Crippen molar-refractivity contribution in [3.63, 3.8) is 0 Å². The van der Waals surface area contributed by atoms with Gasteiger partial charge in [0.05, 0.1) is 11.9 Å². The molecule has 0 bridgehead atoms. The monoisotopic (exact) mass is 290 g/mol. The van der Waals surface area contributed by atoms with Crippen molar-refractivity contribution in [2.45, 2.75) is 19.8 Å². The Hall–Kier alpha value is -1.62. The van der Waals surface area contributed by atoms with Crippen molar-refractivity contribution in [1.82, 2.24) is 14.8 Å². The number of carbonyl (C=O) groups is 1. The Labute approximate surface area is 127 Å². The Morgan fingerprint density at radius 1 is 1.52 bits per heavy atom. The minimum absolute atomic E-state index is 0.00611. The number of hydrogen-bond donors (Lipinski definition) is 1. The summed E-state index contributed by atoms with van der Waals surface area (Å²) < 4.78 is 0. The quantitative estimate of drug-likeness (QED) is 0.869. The maximum Gasteiger partial charge on any atom is 0.272 e. The van der Waals surface area contributed by atoms with E-state index < -0.39 is 0 Å². The molecule has 116 valence electrons. The number of nitrogens with one attached hydrogen (secondary N) is 1. The first kappa shape index (κ1) is 15.8. The highest BCUT2D eigenvalue weighted by molar-refractivity contribution is 5.92. The fraction of sp³-hybridized carbons (Fsp3) is 0.625. The van der Waals surface area contributed by atoms with Gasteiger partial charge in [0.25, 0.3) is 5.91 Å². The molecule has 0 aliphatic carbocycles. The molecule has 1 aromatic rings. The molecule has 5 nitrogen and oxygen atoms in total. The number of nitrogens with zero attached hydrogens (tertiary/aromatic N) is 3. The fourth-order valence-electron chi connectivity index (χ4n) is 2.74. The zero-order valence-corrected chi connectivity index (χ0v) is 13.3. The molecule has 1 aliphatic rings. The van der Waals surface area contributed by atoms with Crippen LogP contribution < -0.4 is 5.32 Å². The molecule has 2 heterocycles. The highest BCUT2D eigenvalue weighted by Crippen LogP contribution is 2.16. The van der Waals surface area contributed by atoms with Crippen molar-refractivity contribution in [2.75, 3.05) is 45.6 Å². The molecule has 0 aromatic carbocycles. The van der Waals surface area contributed by atoms with Gasteiger partial charge in [-0.25, -0.2) is 4.98 Å². The molecule has 1 atom stereocenters. The van der Waals surface area contributed by atoms with E-state index in [-0.39, 0.29) is 5.91 Å². The van der Waals surface area contributed by atoms with Crippen LogP contribution >= 0.6 is 0 Å². The Morgan fingerprint density at radius 2 is 2.33 bits per heavy atom. The zero-order valence-electron chi connectivity index (χ0n) is 13.3. The first-order valence-electron chi connectivity index (χ1n) is 7.74. The first-order chi connectivity index (χ1) is 10.1. The van der Waals surface area contributed by atoms with E-state index in [0.29, 0.717) is 11.6 Å². The molecule has 5 heteroatoms. The normalized spacial score (nSPS) is 18.7. The number of likely N-dealkylation sites (tertiary alicyclic amines) is 1. The number of amides is 1. The van der Waals surface area contributed by atoms with Gasteiger partial charge in [-0.2, -0.15) is 0 Å². The number of anilines is 1. The second-order valence-electron chi connectivity index (χ2n) is 5.96. The Bertz CT molecular complexity index is 460. The predicted octanol–water partition coefficient (Wildman–Crippen LogP) is 1.93. The van der Waals surface area contributed by atoms with Gasteiger partial charge in [0.1, 0.15) is 5.69 Å². The molecule has 21 heavy (non-hydrogen) atoms. The summed E-state index contributed by atoms with van der Waals surface area (Å²) in [7, 11) is 4.00. The molecule has 0 radical (unpaired) electrons. The van der Waals surface area contributed by atoms with E-state index in [9.17, 15) is 4.79 Å². The van der Waals surface area contributed by atoms with Gasteiger partial charge in [-0.3, -0.25) is 4.79 Å². The third kappa shape index (κ3) is 4.43. The highest BCUT2D eigenvalue weighted by atomic mass is 16.2. The molecule has 1 unspecified atom stereocenters. The number of aromatic nitrogens is 1. The van der Waals surface area contributed by atoms with E-state index in [1.807, 2.05) is 13.1 Å². The molecular formula is C16H26N4O. The van der Waals surface area contributed by atoms with Crippen LogP contribution in [0.15, 0.2) is 18.3 Å². The standard InChI is InChI=1S/C16H26N4O/c1-4-8-17-14-5-6-15(18-10-14)16(21)20(3)12-13-7-9-19(2)11-13/h5-6,10,13,17H,4,7-9,11-12H2,1-3H3. The molecule has 1 saturated heterocycles. The molecule has 0 saturated carbocycles. The van der Waals surface area contributed by atoms with E-state index in [2.05, 4.69) is 29.2 Å². The maximum absolute atomic E-state index is 12.4. The van der Waals surface area contributed by atoms with Crippen LogP contribution in [-0.4, -0.2) is 61.0 Å². The van der Waals surface area contributed by atoms with Gasteiger partial charge in [-0.05, 0) is 44.5 Å². The van der Waals surface area contributed by atoms with Gasteiger partial charge in [0.2, 0.25) is 0 Å². The smallest absolute Gasteiger partial charge is 0.272 e. The van der Waals surface area contributed by atoms with Gasteiger partial charge < -0.3 is 15.1 Å². The molecule has 1 N–H and O–H groups in total. The molecule has 1 amide bonds. The summed E-state index contributed by atoms with van der Waals surface area (Å²) in [6, 6.07) is 3.73. The summed E-state index contributed by atoms with van der Waals surface area (Å²) in [5.74, 6) is 0.584. The van der Waals surface area contributed by atoms with Crippen molar-refractivity contribution in [3.05, 3.63) is 24.0 Å². The number of rotatable bonds is 6. The molecule has 1 aromatic heterocycles. The number of pyridine rings is 1. The van der Waals surface area contributed by atoms with Crippen molar-refractivity contribution in [2.24, 2.45) is 5.92 Å². The van der Waals surface area contributed by atoms with Crippen LogP contribution in [0.3, 0.4) is 0 Å². The molecule has 0 spiro atoms. The lowest BCUT2D eigenvalue weighted by molar-refractivity contribution is 0.0768. The van der Waals surface area contributed by atoms with Crippen LogP contribution in [-0.2, 0) is 0 Å². The Morgan fingerprint density at radius 3 is 2.90 bits per heavy atom. The second kappa shape index (κ2) is 7.41. The summed E-state index contributed by atoms with van der Waals surface area (Å²) in [5, 5.41) is 3.26. The van der Waals surface area contributed by atoms with Crippen LogP contribution in [0.1, 0.15) is 30.3 Å². The van der Waals surface area contributed by atoms with E-state index in [0.717, 1.165) is 38.3 Å². The lowest BCUT2D eigenvalue weighted by atomic mass is 10.1. The summed E-state index contributed by atoms with van der Waals surface area (Å²) in [6.07, 6.45) is 3.97. The summed E-state index contributed by atoms with van der Waals surface area (Å²) >= 11 is 0. The summed E-state index contributed by atoms with van der Waals surface area (Å²) in [6.45, 7) is 6.05. The minimum atomic E-state index is 0.00611. The maximum atomic E-state index is 12.4. The van der Waals surface area contributed by atoms with Gasteiger partial charge in [-0.15, -0.1) is 0 Å². The van der Waals surface area contributed by atoms with E-state index >= 15 is 0 Å². The van der Waals surface area contributed by atoms with E-state index in [1.165, 1.54) is 6.42 Å². The Kier molecular flexibility index (Phi) is 5.56. The van der Waals surface area contributed by atoms with Crippen LogP contribution in [0, 0.1) is 5.92 Å². The lowest BCUT2D eigenvalue weighted by Gasteiger charge is -2.21. The third-order valence-electron chi connectivity index (χ3n) is 3.93. The van der Waals surface area contributed by atoms with E-state index in [1.54, 1.807) is 17.2 Å². The Balaban J connectivity index is 1.89. The van der Waals surface area contributed by atoms with E-state index in [4.69, 9.17) is 0 Å².